The van der Waals surface area contributed by atoms with E-state index < -0.39 is 11.9 Å². The first-order valence-corrected chi connectivity index (χ1v) is 10.0. The summed E-state index contributed by atoms with van der Waals surface area (Å²) in [6, 6.07) is 13.2. The number of ether oxygens (including phenoxy) is 1. The molecule has 2 rings (SSSR count). The summed E-state index contributed by atoms with van der Waals surface area (Å²) in [4.78, 5) is 36.0. The Kier molecular flexibility index (Phi) is 8.96. The Morgan fingerprint density at radius 2 is 1.60 bits per heavy atom. The largest absolute Gasteiger partial charge is 0.465 e. The number of carbonyl (C=O) groups excluding carboxylic acids is 3. The fourth-order valence-corrected chi connectivity index (χ4v) is 2.89. The number of unbranched alkanes of at least 4 members (excludes halogenated alkanes) is 2. The molecular weight excluding hydrogens is 402 g/mol. The molecule has 0 atom stereocenters. The third kappa shape index (κ3) is 7.29. The van der Waals surface area contributed by atoms with E-state index in [9.17, 15) is 14.4 Å². The van der Waals surface area contributed by atoms with Crippen molar-refractivity contribution in [1.29, 1.82) is 0 Å². The molecule has 0 saturated carbocycles. The molecule has 0 unspecified atom stereocenters. The number of nitrogens with one attached hydrogen (secondary N) is 3. The van der Waals surface area contributed by atoms with Gasteiger partial charge in [-0.1, -0.05) is 31.9 Å². The summed E-state index contributed by atoms with van der Waals surface area (Å²) in [5.74, 6) is -1.03. The van der Waals surface area contributed by atoms with E-state index in [-0.39, 0.29) is 22.1 Å². The Morgan fingerprint density at radius 3 is 2.30 bits per heavy atom. The first-order chi connectivity index (χ1) is 14.4. The van der Waals surface area contributed by atoms with Crippen molar-refractivity contribution in [3.8, 4) is 0 Å². The summed E-state index contributed by atoms with van der Waals surface area (Å²) in [6.07, 6.45) is 3.41. The number of hydrogen-bond donors (Lipinski definition) is 3. The maximum atomic E-state index is 12.4. The Morgan fingerprint density at radius 1 is 0.933 bits per heavy atom. The van der Waals surface area contributed by atoms with Crippen molar-refractivity contribution in [2.75, 3.05) is 17.7 Å². The van der Waals surface area contributed by atoms with Crippen LogP contribution in [-0.4, -0.2) is 30.0 Å². The second kappa shape index (κ2) is 11.7. The normalized spacial score (nSPS) is 10.1. The van der Waals surface area contributed by atoms with Crippen molar-refractivity contribution in [2.45, 2.75) is 32.6 Å². The molecule has 8 heteroatoms. The van der Waals surface area contributed by atoms with Crippen molar-refractivity contribution in [1.82, 2.24) is 5.32 Å². The predicted octanol–water partition coefficient (Wildman–Crippen LogP) is 4.12. The quantitative estimate of drug-likeness (QED) is 0.333. The Balaban J connectivity index is 1.94. The van der Waals surface area contributed by atoms with Gasteiger partial charge in [-0.15, -0.1) is 0 Å². The highest BCUT2D eigenvalue weighted by atomic mass is 32.1. The number of methoxy groups -OCH3 is 1. The van der Waals surface area contributed by atoms with E-state index in [1.807, 2.05) is 0 Å². The third-order valence-corrected chi connectivity index (χ3v) is 4.39. The molecule has 0 aromatic heterocycles. The van der Waals surface area contributed by atoms with Crippen molar-refractivity contribution in [3.05, 3.63) is 59.7 Å². The molecule has 2 aromatic carbocycles. The molecule has 2 amide bonds. The van der Waals surface area contributed by atoms with Crippen LogP contribution in [0.3, 0.4) is 0 Å². The molecule has 7 nitrogen and oxygen atoms in total. The van der Waals surface area contributed by atoms with Crippen LogP contribution in [0, 0.1) is 0 Å². The predicted molar refractivity (Wildman–Crippen MR) is 121 cm³/mol. The standard InChI is InChI=1S/C22H25N3O4S/c1-3-4-5-12-19(26)23-17-10-7-11-18(14-17)24-22(30)25-20(27)15-8-6-9-16(13-15)21(28)29-2/h6-11,13-14H,3-5,12H2,1-2H3,(H,23,26)(H2,24,25,27,30). The Labute approximate surface area is 181 Å². The van der Waals surface area contributed by atoms with Gasteiger partial charge >= 0.3 is 5.97 Å². The summed E-state index contributed by atoms with van der Waals surface area (Å²) in [5, 5.41) is 8.42. The topological polar surface area (TPSA) is 96.5 Å². The van der Waals surface area contributed by atoms with Crippen LogP contribution in [0.4, 0.5) is 11.4 Å². The monoisotopic (exact) mass is 427 g/mol. The molecule has 0 bridgehead atoms. The third-order valence-electron chi connectivity index (χ3n) is 4.18. The highest BCUT2D eigenvalue weighted by Gasteiger charge is 2.12. The van der Waals surface area contributed by atoms with Crippen LogP contribution in [-0.2, 0) is 9.53 Å². The minimum absolute atomic E-state index is 0.0398. The minimum Gasteiger partial charge on any atom is -0.465 e. The van der Waals surface area contributed by atoms with E-state index >= 15 is 0 Å². The number of benzene rings is 2. The van der Waals surface area contributed by atoms with E-state index in [0.717, 1.165) is 19.3 Å². The molecule has 3 N–H and O–H groups in total. The van der Waals surface area contributed by atoms with Gasteiger partial charge in [0, 0.05) is 23.4 Å². The highest BCUT2D eigenvalue weighted by molar-refractivity contribution is 7.80. The molecule has 30 heavy (non-hydrogen) atoms. The van der Waals surface area contributed by atoms with Gasteiger partial charge in [-0.25, -0.2) is 4.79 Å². The van der Waals surface area contributed by atoms with Crippen molar-refractivity contribution >= 4 is 46.5 Å². The highest BCUT2D eigenvalue weighted by Crippen LogP contribution is 2.16. The van der Waals surface area contributed by atoms with Crippen molar-refractivity contribution in [2.24, 2.45) is 0 Å². The van der Waals surface area contributed by atoms with Crippen LogP contribution in [0.1, 0.15) is 53.3 Å². The summed E-state index contributed by atoms with van der Waals surface area (Å²) >= 11 is 5.20. The summed E-state index contributed by atoms with van der Waals surface area (Å²) in [7, 11) is 1.27. The number of hydrogen-bond acceptors (Lipinski definition) is 5. The second-order valence-corrected chi connectivity index (χ2v) is 6.97. The molecule has 0 heterocycles. The number of thiocarbonyl (C=S) groups is 1. The molecule has 0 fully saturated rings. The zero-order valence-corrected chi connectivity index (χ0v) is 17.8. The van der Waals surface area contributed by atoms with E-state index in [2.05, 4.69) is 27.6 Å². The summed E-state index contributed by atoms with van der Waals surface area (Å²) < 4.78 is 4.66. The Hall–Kier alpha value is -3.26. The van der Waals surface area contributed by atoms with Crippen molar-refractivity contribution in [3.63, 3.8) is 0 Å². The van der Waals surface area contributed by atoms with Gasteiger partial charge in [0.1, 0.15) is 0 Å². The maximum absolute atomic E-state index is 12.4. The number of rotatable bonds is 8. The molecular formula is C22H25N3O4S. The number of amides is 2. The number of carbonyl (C=O) groups is 3. The maximum Gasteiger partial charge on any atom is 0.337 e. The van der Waals surface area contributed by atoms with E-state index in [1.165, 1.54) is 13.2 Å². The zero-order valence-electron chi connectivity index (χ0n) is 17.0. The van der Waals surface area contributed by atoms with E-state index in [4.69, 9.17) is 12.2 Å². The van der Waals surface area contributed by atoms with E-state index in [1.54, 1.807) is 42.5 Å². The smallest absolute Gasteiger partial charge is 0.337 e. The van der Waals surface area contributed by atoms with Crippen LogP contribution in [0.5, 0.6) is 0 Å². The lowest BCUT2D eigenvalue weighted by Gasteiger charge is -2.12. The molecule has 0 aliphatic rings. The molecule has 0 radical (unpaired) electrons. The lowest BCUT2D eigenvalue weighted by molar-refractivity contribution is -0.116. The number of anilines is 2. The van der Waals surface area contributed by atoms with Gasteiger partial charge in [-0.2, -0.15) is 0 Å². The van der Waals surface area contributed by atoms with Crippen molar-refractivity contribution < 1.29 is 19.1 Å². The van der Waals surface area contributed by atoms with Crippen LogP contribution in [0.2, 0.25) is 0 Å². The van der Waals surface area contributed by atoms with Gasteiger partial charge in [0.05, 0.1) is 12.7 Å². The van der Waals surface area contributed by atoms with Gasteiger partial charge in [-0.3, -0.25) is 14.9 Å². The molecule has 0 spiro atoms. The van der Waals surface area contributed by atoms with Crippen LogP contribution in [0.15, 0.2) is 48.5 Å². The van der Waals surface area contributed by atoms with Gasteiger partial charge in [0.15, 0.2) is 5.11 Å². The van der Waals surface area contributed by atoms with Gasteiger partial charge in [0.2, 0.25) is 5.91 Å². The SMILES string of the molecule is CCCCCC(=O)Nc1cccc(NC(=S)NC(=O)c2cccc(C(=O)OC)c2)c1. The van der Waals surface area contributed by atoms with Gasteiger partial charge in [-0.05, 0) is 55.0 Å². The zero-order chi connectivity index (χ0) is 21.9. The van der Waals surface area contributed by atoms with Gasteiger partial charge in [0.25, 0.3) is 5.91 Å². The molecule has 2 aromatic rings. The van der Waals surface area contributed by atoms with Crippen LogP contribution >= 0.6 is 12.2 Å². The fourth-order valence-electron chi connectivity index (χ4n) is 2.68. The van der Waals surface area contributed by atoms with Gasteiger partial charge < -0.3 is 15.4 Å². The average molecular weight is 428 g/mol. The first-order valence-electron chi connectivity index (χ1n) is 9.63. The molecule has 158 valence electrons. The molecule has 0 saturated heterocycles. The van der Waals surface area contributed by atoms with E-state index in [0.29, 0.717) is 17.8 Å². The number of esters is 1. The van der Waals surface area contributed by atoms with Crippen LogP contribution < -0.4 is 16.0 Å². The summed E-state index contributed by atoms with van der Waals surface area (Å²) in [5.41, 5.74) is 1.80. The van der Waals surface area contributed by atoms with Crippen LogP contribution in [0.25, 0.3) is 0 Å². The average Bonchev–Trinajstić information content (AvgIpc) is 2.73. The summed E-state index contributed by atoms with van der Waals surface area (Å²) in [6.45, 7) is 2.09. The lowest BCUT2D eigenvalue weighted by atomic mass is 10.1. The fraction of sp³-hybridized carbons (Fsp3) is 0.273. The minimum atomic E-state index is -0.529. The molecule has 0 aliphatic heterocycles. The first kappa shape index (κ1) is 23.0. The lowest BCUT2D eigenvalue weighted by Crippen LogP contribution is -2.34. The molecule has 0 aliphatic carbocycles. The second-order valence-electron chi connectivity index (χ2n) is 6.57. The Bertz CT molecular complexity index is 930.